The molecule has 0 fully saturated rings. The molecular formula is C20H21N5O3. The zero-order valence-electron chi connectivity index (χ0n) is 15.7. The van der Waals surface area contributed by atoms with Gasteiger partial charge in [0, 0.05) is 12.2 Å². The minimum Gasteiger partial charge on any atom is -0.356 e. The fraction of sp³-hybridized carbons (Fsp3) is 0.300. The number of rotatable bonds is 4. The Labute approximate surface area is 161 Å². The van der Waals surface area contributed by atoms with Crippen molar-refractivity contribution in [3.05, 3.63) is 80.3 Å². The molecule has 2 unspecified atom stereocenters. The zero-order valence-corrected chi connectivity index (χ0v) is 15.7. The lowest BCUT2D eigenvalue weighted by atomic mass is 9.83. The first-order valence-electron chi connectivity index (χ1n) is 9.14. The molecule has 4 rings (SSSR count). The number of anilines is 1. The maximum Gasteiger partial charge on any atom is 0.376 e. The Bertz CT molecular complexity index is 1110. The summed E-state index contributed by atoms with van der Waals surface area (Å²) >= 11 is 0. The number of benzene rings is 1. The summed E-state index contributed by atoms with van der Waals surface area (Å²) in [6.45, 7) is 0. The maximum absolute atomic E-state index is 12.7. The van der Waals surface area contributed by atoms with Crippen molar-refractivity contribution in [3.63, 3.8) is 0 Å². The largest absolute Gasteiger partial charge is 0.376 e. The van der Waals surface area contributed by atoms with Crippen molar-refractivity contribution < 1.29 is 4.92 Å². The zero-order chi connectivity index (χ0) is 19.8. The molecular weight excluding hydrogens is 358 g/mol. The van der Waals surface area contributed by atoms with E-state index >= 15 is 0 Å². The number of nitrogens with one attached hydrogen (secondary N) is 1. The summed E-state index contributed by atoms with van der Waals surface area (Å²) in [7, 11) is 3.98. The first kappa shape index (κ1) is 18.1. The summed E-state index contributed by atoms with van der Waals surface area (Å²) in [6, 6.07) is 13.0. The second kappa shape index (κ2) is 7.05. The van der Waals surface area contributed by atoms with Crippen LogP contribution in [0.25, 0.3) is 5.65 Å². The molecule has 0 saturated carbocycles. The number of hydrogen-bond acceptors (Lipinski definition) is 6. The van der Waals surface area contributed by atoms with Gasteiger partial charge in [0.05, 0.1) is 11.0 Å². The summed E-state index contributed by atoms with van der Waals surface area (Å²) in [5, 5.41) is 14.9. The van der Waals surface area contributed by atoms with Crippen LogP contribution in [0.5, 0.6) is 0 Å². The number of hydrogen-bond donors (Lipinski definition) is 1. The summed E-state index contributed by atoms with van der Waals surface area (Å²) in [4.78, 5) is 30.3. The van der Waals surface area contributed by atoms with E-state index in [4.69, 9.17) is 0 Å². The second-order valence-electron chi connectivity index (χ2n) is 7.19. The molecule has 1 aromatic carbocycles. The van der Waals surface area contributed by atoms with Gasteiger partial charge in [-0.3, -0.25) is 19.3 Å². The van der Waals surface area contributed by atoms with Gasteiger partial charge in [-0.2, -0.15) is 0 Å². The third-order valence-corrected chi connectivity index (χ3v) is 5.33. The van der Waals surface area contributed by atoms with Gasteiger partial charge in [0.15, 0.2) is 0 Å². The van der Waals surface area contributed by atoms with E-state index in [9.17, 15) is 14.9 Å². The smallest absolute Gasteiger partial charge is 0.356 e. The van der Waals surface area contributed by atoms with E-state index in [1.165, 1.54) is 16.2 Å². The molecule has 1 aliphatic rings. The van der Waals surface area contributed by atoms with E-state index < -0.39 is 16.2 Å². The first-order valence-corrected chi connectivity index (χ1v) is 9.14. The van der Waals surface area contributed by atoms with Crippen molar-refractivity contribution in [2.45, 2.75) is 24.9 Å². The predicted molar refractivity (Wildman–Crippen MR) is 107 cm³/mol. The lowest BCUT2D eigenvalue weighted by Crippen LogP contribution is -2.41. The number of pyridine rings is 1. The van der Waals surface area contributed by atoms with Crippen molar-refractivity contribution in [1.82, 2.24) is 14.3 Å². The monoisotopic (exact) mass is 379 g/mol. The molecule has 3 aromatic rings. The van der Waals surface area contributed by atoms with Crippen LogP contribution in [0.3, 0.4) is 0 Å². The van der Waals surface area contributed by atoms with E-state index in [0.717, 1.165) is 18.4 Å². The van der Waals surface area contributed by atoms with Gasteiger partial charge >= 0.3 is 11.2 Å². The van der Waals surface area contributed by atoms with Gasteiger partial charge in [-0.1, -0.05) is 30.3 Å². The van der Waals surface area contributed by atoms with E-state index in [1.807, 2.05) is 32.3 Å². The Balaban J connectivity index is 1.87. The van der Waals surface area contributed by atoms with Crippen LogP contribution in [0, 0.1) is 10.1 Å². The molecule has 8 nitrogen and oxygen atoms in total. The summed E-state index contributed by atoms with van der Waals surface area (Å²) in [5.41, 5.74) is 1.43. The third-order valence-electron chi connectivity index (χ3n) is 5.33. The molecule has 1 aliphatic carbocycles. The summed E-state index contributed by atoms with van der Waals surface area (Å²) < 4.78 is 1.20. The van der Waals surface area contributed by atoms with Crippen LogP contribution >= 0.6 is 0 Å². The van der Waals surface area contributed by atoms with Gasteiger partial charge in [-0.25, -0.2) is 4.98 Å². The van der Waals surface area contributed by atoms with Crippen molar-refractivity contribution in [3.8, 4) is 0 Å². The summed E-state index contributed by atoms with van der Waals surface area (Å²) in [6.07, 6.45) is 3.33. The normalized spacial score (nSPS) is 18.8. The predicted octanol–water partition coefficient (Wildman–Crippen LogP) is 2.63. The molecule has 144 valence electrons. The van der Waals surface area contributed by atoms with Crippen LogP contribution in [-0.2, 0) is 6.42 Å². The Kier molecular flexibility index (Phi) is 4.56. The number of aryl methyl sites for hydroxylation is 1. The van der Waals surface area contributed by atoms with Crippen molar-refractivity contribution in [2.24, 2.45) is 0 Å². The van der Waals surface area contributed by atoms with E-state index in [-0.39, 0.29) is 17.9 Å². The van der Waals surface area contributed by atoms with Crippen LogP contribution in [-0.4, -0.2) is 39.3 Å². The molecule has 8 heteroatoms. The van der Waals surface area contributed by atoms with Gasteiger partial charge in [-0.15, -0.1) is 0 Å². The topological polar surface area (TPSA) is 92.8 Å². The second-order valence-corrected chi connectivity index (χ2v) is 7.19. The lowest BCUT2D eigenvalue weighted by molar-refractivity contribution is -0.385. The molecule has 0 amide bonds. The van der Waals surface area contributed by atoms with Crippen LogP contribution < -0.4 is 10.9 Å². The highest BCUT2D eigenvalue weighted by atomic mass is 16.6. The molecule has 0 radical (unpaired) electrons. The van der Waals surface area contributed by atoms with E-state index in [0.29, 0.717) is 5.65 Å². The minimum absolute atomic E-state index is 0.00903. The van der Waals surface area contributed by atoms with Crippen molar-refractivity contribution in [2.75, 3.05) is 19.4 Å². The van der Waals surface area contributed by atoms with Gasteiger partial charge < -0.3 is 10.2 Å². The molecule has 0 spiro atoms. The quantitative estimate of drug-likeness (QED) is 0.553. The molecule has 28 heavy (non-hydrogen) atoms. The molecule has 2 aromatic heterocycles. The first-order chi connectivity index (χ1) is 13.5. The van der Waals surface area contributed by atoms with Crippen LogP contribution in [0.2, 0.25) is 0 Å². The molecule has 0 bridgehead atoms. The van der Waals surface area contributed by atoms with E-state index in [2.05, 4.69) is 21.3 Å². The highest BCUT2D eigenvalue weighted by Gasteiger charge is 2.34. The van der Waals surface area contributed by atoms with Crippen LogP contribution in [0.4, 0.5) is 11.5 Å². The Morgan fingerprint density at radius 2 is 1.96 bits per heavy atom. The number of aromatic nitrogens is 2. The molecule has 2 atom stereocenters. The highest BCUT2D eigenvalue weighted by Crippen LogP contribution is 2.35. The molecule has 2 heterocycles. The minimum atomic E-state index is -0.691. The van der Waals surface area contributed by atoms with Crippen molar-refractivity contribution in [1.29, 1.82) is 0 Å². The molecule has 0 aliphatic heterocycles. The molecule has 0 saturated heterocycles. The Hall–Kier alpha value is -3.26. The maximum atomic E-state index is 12.7. The van der Waals surface area contributed by atoms with Gasteiger partial charge in [-0.05, 0) is 50.2 Å². The summed E-state index contributed by atoms with van der Waals surface area (Å²) in [5.74, 6) is 0.00903. The fourth-order valence-electron chi connectivity index (χ4n) is 3.97. The molecule has 1 N–H and O–H groups in total. The van der Waals surface area contributed by atoms with Gasteiger partial charge in [0.25, 0.3) is 0 Å². The fourth-order valence-corrected chi connectivity index (χ4v) is 3.97. The average molecular weight is 379 g/mol. The average Bonchev–Trinajstić information content (AvgIpc) is 2.68. The number of nitrogens with zero attached hydrogens (tertiary/aromatic N) is 4. The van der Waals surface area contributed by atoms with Crippen LogP contribution in [0.1, 0.15) is 23.6 Å². The Morgan fingerprint density at radius 3 is 2.71 bits per heavy atom. The van der Waals surface area contributed by atoms with Crippen LogP contribution in [0.15, 0.2) is 53.5 Å². The van der Waals surface area contributed by atoms with Gasteiger partial charge in [0.2, 0.25) is 5.82 Å². The SMILES string of the molecule is CN(C)C1CCc2ccccc2C1Nc1nc2ccccn2c(=O)c1[N+](=O)[O-]. The Morgan fingerprint density at radius 1 is 1.21 bits per heavy atom. The van der Waals surface area contributed by atoms with E-state index in [1.54, 1.807) is 18.2 Å². The third kappa shape index (κ3) is 3.01. The van der Waals surface area contributed by atoms with Gasteiger partial charge in [0.1, 0.15) is 5.65 Å². The number of fused-ring (bicyclic) bond motifs is 2. The van der Waals surface area contributed by atoms with Crippen molar-refractivity contribution >= 4 is 17.2 Å². The number of nitro groups is 1. The standard InChI is InChI=1S/C20H21N5O3/c1-23(2)15-11-10-13-7-3-4-8-14(13)17(15)22-19-18(25(27)28)20(26)24-12-6-5-9-16(24)21-19/h3-9,12,15,17,22H,10-11H2,1-2H3. The number of likely N-dealkylation sites (N-methyl/N-ethyl adjacent to an activating group) is 1. The highest BCUT2D eigenvalue weighted by molar-refractivity contribution is 5.61. The lowest BCUT2D eigenvalue weighted by Gasteiger charge is -2.38.